The molecular weight excluding hydrogens is 378 g/mol. The van der Waals surface area contributed by atoms with E-state index in [2.05, 4.69) is 16.1 Å². The van der Waals surface area contributed by atoms with Gasteiger partial charge in [-0.3, -0.25) is 14.3 Å². The van der Waals surface area contributed by atoms with Gasteiger partial charge in [0.25, 0.3) is 5.91 Å². The minimum absolute atomic E-state index is 0.0161. The van der Waals surface area contributed by atoms with Crippen LogP contribution < -0.4 is 0 Å². The second-order valence-electron chi connectivity index (χ2n) is 7.69. The van der Waals surface area contributed by atoms with E-state index >= 15 is 0 Å². The summed E-state index contributed by atoms with van der Waals surface area (Å²) in [5, 5.41) is 13.8. The lowest BCUT2D eigenvalue weighted by Gasteiger charge is -2.37. The normalized spacial score (nSPS) is 15.7. The molecule has 1 atom stereocenters. The fourth-order valence-corrected chi connectivity index (χ4v) is 4.15. The fourth-order valence-electron chi connectivity index (χ4n) is 4.15. The Kier molecular flexibility index (Phi) is 5.42. The maximum Gasteiger partial charge on any atom is 0.255 e. The molecule has 1 amide bonds. The van der Waals surface area contributed by atoms with Crippen LogP contribution in [0.2, 0.25) is 0 Å². The van der Waals surface area contributed by atoms with Crippen molar-refractivity contribution in [1.29, 1.82) is 5.26 Å². The third kappa shape index (κ3) is 3.62. The van der Waals surface area contributed by atoms with Gasteiger partial charge in [-0.05, 0) is 32.4 Å². The highest BCUT2D eigenvalue weighted by Crippen LogP contribution is 2.25. The molecule has 0 aliphatic carbocycles. The van der Waals surface area contributed by atoms with Gasteiger partial charge in [0.1, 0.15) is 11.8 Å². The summed E-state index contributed by atoms with van der Waals surface area (Å²) in [4.78, 5) is 17.2. The number of benzene rings is 1. The Bertz CT molecular complexity index is 1080. The van der Waals surface area contributed by atoms with E-state index in [-0.39, 0.29) is 11.9 Å². The summed E-state index contributed by atoms with van der Waals surface area (Å²) in [7, 11) is 0. The molecule has 0 radical (unpaired) electrons. The Hall–Kier alpha value is -3.37. The first-order chi connectivity index (χ1) is 14.5. The van der Waals surface area contributed by atoms with E-state index in [1.54, 1.807) is 0 Å². The molecule has 0 saturated carbocycles. The number of carbonyl (C=O) groups is 1. The Balaban J connectivity index is 1.48. The van der Waals surface area contributed by atoms with Crippen LogP contribution >= 0.6 is 0 Å². The van der Waals surface area contributed by atoms with Gasteiger partial charge >= 0.3 is 0 Å². The number of nitrogens with zero attached hydrogens (tertiary/aromatic N) is 5. The van der Waals surface area contributed by atoms with Crippen LogP contribution in [-0.2, 0) is 0 Å². The first-order valence-electron chi connectivity index (χ1n) is 10.1. The molecule has 0 spiro atoms. The quantitative estimate of drug-likeness (QED) is 0.667. The maximum atomic E-state index is 13.2. The van der Waals surface area contributed by atoms with Crippen molar-refractivity contribution in [3.05, 3.63) is 70.7 Å². The average molecular weight is 403 g/mol. The molecule has 7 nitrogen and oxygen atoms in total. The van der Waals surface area contributed by atoms with Crippen LogP contribution in [0.3, 0.4) is 0 Å². The van der Waals surface area contributed by atoms with Crippen molar-refractivity contribution < 1.29 is 9.32 Å². The van der Waals surface area contributed by atoms with Crippen LogP contribution in [-0.4, -0.2) is 51.6 Å². The monoisotopic (exact) mass is 403 g/mol. The average Bonchev–Trinajstić information content (AvgIpc) is 3.31. The zero-order valence-electron chi connectivity index (χ0n) is 17.5. The zero-order valence-corrected chi connectivity index (χ0v) is 17.5. The van der Waals surface area contributed by atoms with Crippen molar-refractivity contribution in [2.24, 2.45) is 0 Å². The SMILES string of the molecule is Cc1cc(-n2c(C)cc(C(=O)N3CCN(C(C#N)c4ccccc4)CC3)c2C)no1. The molecule has 1 unspecified atom stereocenters. The number of hydrogen-bond acceptors (Lipinski definition) is 5. The number of amides is 1. The lowest BCUT2D eigenvalue weighted by molar-refractivity contribution is 0.0605. The van der Waals surface area contributed by atoms with Crippen LogP contribution in [0.4, 0.5) is 0 Å². The molecule has 1 aromatic carbocycles. The summed E-state index contributed by atoms with van der Waals surface area (Å²) in [5.74, 6) is 1.43. The van der Waals surface area contributed by atoms with Crippen molar-refractivity contribution in [3.63, 3.8) is 0 Å². The Morgan fingerprint density at radius 3 is 2.40 bits per heavy atom. The lowest BCUT2D eigenvalue weighted by atomic mass is 10.1. The molecular formula is C23H25N5O2. The minimum atomic E-state index is -0.288. The number of rotatable bonds is 4. The summed E-state index contributed by atoms with van der Waals surface area (Å²) in [5.41, 5.74) is 3.47. The van der Waals surface area contributed by atoms with E-state index in [0.29, 0.717) is 37.6 Å². The Morgan fingerprint density at radius 1 is 1.10 bits per heavy atom. The van der Waals surface area contributed by atoms with Crippen molar-refractivity contribution in [3.8, 4) is 11.9 Å². The van der Waals surface area contributed by atoms with Gasteiger partial charge in [0, 0.05) is 43.6 Å². The number of carbonyl (C=O) groups excluding carboxylic acids is 1. The summed E-state index contributed by atoms with van der Waals surface area (Å²) in [6.07, 6.45) is 0. The molecule has 4 rings (SSSR count). The van der Waals surface area contributed by atoms with Crippen molar-refractivity contribution >= 4 is 5.91 Å². The smallest absolute Gasteiger partial charge is 0.255 e. The fraction of sp³-hybridized carbons (Fsp3) is 0.348. The molecule has 0 N–H and O–H groups in total. The third-order valence-corrected chi connectivity index (χ3v) is 5.71. The first kappa shape index (κ1) is 19.9. The van der Waals surface area contributed by atoms with E-state index in [9.17, 15) is 10.1 Å². The molecule has 2 aromatic heterocycles. The minimum Gasteiger partial charge on any atom is -0.360 e. The maximum absolute atomic E-state index is 13.2. The number of piperazine rings is 1. The number of nitriles is 1. The summed E-state index contributed by atoms with van der Waals surface area (Å²) < 4.78 is 7.14. The predicted molar refractivity (Wildman–Crippen MR) is 112 cm³/mol. The van der Waals surface area contributed by atoms with E-state index < -0.39 is 0 Å². The second-order valence-corrected chi connectivity index (χ2v) is 7.69. The molecule has 1 aliphatic heterocycles. The van der Waals surface area contributed by atoms with E-state index in [1.807, 2.05) is 72.7 Å². The van der Waals surface area contributed by atoms with Crippen molar-refractivity contribution in [2.75, 3.05) is 26.2 Å². The molecule has 3 heterocycles. The van der Waals surface area contributed by atoms with Gasteiger partial charge in [-0.2, -0.15) is 5.26 Å². The topological polar surface area (TPSA) is 78.3 Å². The highest BCUT2D eigenvalue weighted by Gasteiger charge is 2.29. The first-order valence-corrected chi connectivity index (χ1v) is 10.1. The van der Waals surface area contributed by atoms with Gasteiger partial charge in [-0.1, -0.05) is 35.5 Å². The molecule has 1 fully saturated rings. The molecule has 154 valence electrons. The van der Waals surface area contributed by atoms with Crippen LogP contribution in [0.5, 0.6) is 0 Å². The standard InChI is InChI=1S/C23H25N5O2/c1-16-13-20(18(3)28(16)22-14-17(2)30-25-22)23(29)27-11-9-26(10-12-27)21(15-24)19-7-5-4-6-8-19/h4-8,13-14,21H,9-12H2,1-3H3. The lowest BCUT2D eigenvalue weighted by Crippen LogP contribution is -2.49. The summed E-state index contributed by atoms with van der Waals surface area (Å²) in [6.45, 7) is 8.26. The van der Waals surface area contributed by atoms with Gasteiger partial charge in [0.05, 0.1) is 11.6 Å². The van der Waals surface area contributed by atoms with Gasteiger partial charge in [0.2, 0.25) is 0 Å². The van der Waals surface area contributed by atoms with Crippen molar-refractivity contribution in [2.45, 2.75) is 26.8 Å². The van der Waals surface area contributed by atoms with E-state index in [4.69, 9.17) is 4.52 Å². The molecule has 0 bridgehead atoms. The summed E-state index contributed by atoms with van der Waals surface area (Å²) in [6, 6.07) is 15.7. The van der Waals surface area contributed by atoms with E-state index in [1.165, 1.54) is 0 Å². The molecule has 3 aromatic rings. The predicted octanol–water partition coefficient (Wildman–Crippen LogP) is 3.41. The highest BCUT2D eigenvalue weighted by atomic mass is 16.5. The second kappa shape index (κ2) is 8.17. The summed E-state index contributed by atoms with van der Waals surface area (Å²) >= 11 is 0. The van der Waals surface area contributed by atoms with Gasteiger partial charge in [-0.15, -0.1) is 0 Å². The largest absolute Gasteiger partial charge is 0.360 e. The Labute approximate surface area is 176 Å². The molecule has 30 heavy (non-hydrogen) atoms. The molecule has 7 heteroatoms. The third-order valence-electron chi connectivity index (χ3n) is 5.71. The Morgan fingerprint density at radius 2 is 1.80 bits per heavy atom. The molecule has 1 saturated heterocycles. The van der Waals surface area contributed by atoms with E-state index in [0.717, 1.165) is 22.7 Å². The zero-order chi connectivity index (χ0) is 21.3. The van der Waals surface area contributed by atoms with Crippen molar-refractivity contribution in [1.82, 2.24) is 19.5 Å². The molecule has 1 aliphatic rings. The van der Waals surface area contributed by atoms with Crippen LogP contribution in [0.25, 0.3) is 5.82 Å². The van der Waals surface area contributed by atoms with Gasteiger partial charge < -0.3 is 9.42 Å². The number of aryl methyl sites for hydroxylation is 2. The highest BCUT2D eigenvalue weighted by molar-refractivity contribution is 5.96. The van der Waals surface area contributed by atoms with Gasteiger partial charge in [-0.25, -0.2) is 0 Å². The number of hydrogen-bond donors (Lipinski definition) is 0. The number of aromatic nitrogens is 2. The van der Waals surface area contributed by atoms with Crippen LogP contribution in [0.1, 0.15) is 39.1 Å². The van der Waals surface area contributed by atoms with Crippen LogP contribution in [0.15, 0.2) is 47.0 Å². The van der Waals surface area contributed by atoms with Crippen LogP contribution in [0, 0.1) is 32.1 Å². The van der Waals surface area contributed by atoms with Gasteiger partial charge in [0.15, 0.2) is 5.82 Å².